The van der Waals surface area contributed by atoms with Crippen LogP contribution >= 0.6 is 0 Å². The van der Waals surface area contributed by atoms with E-state index in [0.29, 0.717) is 12.0 Å². The van der Waals surface area contributed by atoms with Crippen molar-refractivity contribution in [2.75, 3.05) is 26.2 Å². The van der Waals surface area contributed by atoms with Crippen molar-refractivity contribution in [3.05, 3.63) is 35.4 Å². The van der Waals surface area contributed by atoms with E-state index in [1.807, 2.05) is 6.92 Å². The molecule has 0 fully saturated rings. The van der Waals surface area contributed by atoms with Gasteiger partial charge in [0.2, 0.25) is 0 Å². The van der Waals surface area contributed by atoms with Gasteiger partial charge in [-0.15, -0.1) is 0 Å². The topological polar surface area (TPSA) is 15.3 Å². The molecule has 1 rings (SSSR count). The number of benzene rings is 1. The van der Waals surface area contributed by atoms with Crippen LogP contribution in [-0.4, -0.2) is 37.1 Å². The summed E-state index contributed by atoms with van der Waals surface area (Å²) in [5, 5.41) is 3.37. The molecule has 20 heavy (non-hydrogen) atoms. The maximum Gasteiger partial charge on any atom is 0.162 e. The molecule has 2 nitrogen and oxygen atoms in total. The number of hydrogen-bond donors (Lipinski definition) is 1. The highest BCUT2D eigenvalue weighted by Crippen LogP contribution is 2.14. The van der Waals surface area contributed by atoms with Crippen molar-refractivity contribution in [3.63, 3.8) is 0 Å². The Morgan fingerprint density at radius 3 is 2.45 bits per heavy atom. The Bertz CT molecular complexity index is 392. The van der Waals surface area contributed by atoms with Gasteiger partial charge in [-0.05, 0) is 50.7 Å². The van der Waals surface area contributed by atoms with Crippen LogP contribution in [0, 0.1) is 11.6 Å². The third kappa shape index (κ3) is 5.17. The SMILES string of the molecule is CCNC(CCN(CC)CC)Cc1cccc(F)c1F. The van der Waals surface area contributed by atoms with Crippen LogP contribution < -0.4 is 5.32 Å². The van der Waals surface area contributed by atoms with E-state index >= 15 is 0 Å². The first kappa shape index (κ1) is 17.1. The zero-order chi connectivity index (χ0) is 15.0. The molecular formula is C16H26F2N2. The van der Waals surface area contributed by atoms with Crippen LogP contribution in [0.2, 0.25) is 0 Å². The molecule has 0 aliphatic rings. The van der Waals surface area contributed by atoms with Gasteiger partial charge in [-0.25, -0.2) is 8.78 Å². The van der Waals surface area contributed by atoms with Gasteiger partial charge >= 0.3 is 0 Å². The molecular weight excluding hydrogens is 258 g/mol. The van der Waals surface area contributed by atoms with E-state index < -0.39 is 11.6 Å². The molecule has 1 unspecified atom stereocenters. The van der Waals surface area contributed by atoms with Crippen molar-refractivity contribution in [2.45, 2.75) is 39.7 Å². The fourth-order valence-electron chi connectivity index (χ4n) is 2.41. The minimum atomic E-state index is -0.763. The third-order valence-corrected chi connectivity index (χ3v) is 3.68. The molecule has 4 heteroatoms. The quantitative estimate of drug-likeness (QED) is 0.749. The van der Waals surface area contributed by atoms with Crippen molar-refractivity contribution in [1.82, 2.24) is 10.2 Å². The Labute approximate surface area is 121 Å². The van der Waals surface area contributed by atoms with E-state index in [1.165, 1.54) is 0 Å². The average molecular weight is 284 g/mol. The molecule has 1 atom stereocenters. The molecule has 0 radical (unpaired) electrons. The number of hydrogen-bond acceptors (Lipinski definition) is 2. The number of nitrogens with one attached hydrogen (secondary N) is 1. The number of likely N-dealkylation sites (N-methyl/N-ethyl adjacent to an activating group) is 1. The molecule has 114 valence electrons. The second-order valence-corrected chi connectivity index (χ2v) is 4.99. The van der Waals surface area contributed by atoms with Crippen LogP contribution in [0.15, 0.2) is 18.2 Å². The van der Waals surface area contributed by atoms with Crippen molar-refractivity contribution < 1.29 is 8.78 Å². The Morgan fingerprint density at radius 1 is 1.15 bits per heavy atom. The minimum Gasteiger partial charge on any atom is -0.314 e. The zero-order valence-electron chi connectivity index (χ0n) is 12.8. The van der Waals surface area contributed by atoms with Gasteiger partial charge in [-0.3, -0.25) is 0 Å². The van der Waals surface area contributed by atoms with Gasteiger partial charge in [-0.1, -0.05) is 32.9 Å². The normalized spacial score (nSPS) is 12.9. The van der Waals surface area contributed by atoms with Gasteiger partial charge in [0, 0.05) is 6.04 Å². The number of nitrogens with zero attached hydrogens (tertiary/aromatic N) is 1. The molecule has 0 saturated carbocycles. The Morgan fingerprint density at radius 2 is 1.85 bits per heavy atom. The summed E-state index contributed by atoms with van der Waals surface area (Å²) in [7, 11) is 0. The first-order chi connectivity index (χ1) is 9.62. The summed E-state index contributed by atoms with van der Waals surface area (Å²) in [6.07, 6.45) is 1.46. The number of rotatable bonds is 9. The lowest BCUT2D eigenvalue weighted by atomic mass is 10.0. The summed E-state index contributed by atoms with van der Waals surface area (Å²) in [6.45, 7) is 10.1. The van der Waals surface area contributed by atoms with Crippen LogP contribution in [0.3, 0.4) is 0 Å². The molecule has 0 aliphatic heterocycles. The molecule has 0 bridgehead atoms. The maximum atomic E-state index is 13.7. The first-order valence-electron chi connectivity index (χ1n) is 7.50. The Hall–Kier alpha value is -1.00. The van der Waals surface area contributed by atoms with E-state index in [9.17, 15) is 8.78 Å². The molecule has 0 saturated heterocycles. The van der Waals surface area contributed by atoms with Crippen LogP contribution in [0.25, 0.3) is 0 Å². The van der Waals surface area contributed by atoms with E-state index in [-0.39, 0.29) is 6.04 Å². The number of halogens is 2. The van der Waals surface area contributed by atoms with Gasteiger partial charge in [0.05, 0.1) is 0 Å². The lowest BCUT2D eigenvalue weighted by molar-refractivity contribution is 0.280. The van der Waals surface area contributed by atoms with Crippen molar-refractivity contribution in [2.24, 2.45) is 0 Å². The summed E-state index contributed by atoms with van der Waals surface area (Å²) in [6, 6.07) is 4.58. The summed E-state index contributed by atoms with van der Waals surface area (Å²) in [4.78, 5) is 2.34. The lowest BCUT2D eigenvalue weighted by Crippen LogP contribution is -2.36. The van der Waals surface area contributed by atoms with Crippen LogP contribution in [-0.2, 0) is 6.42 Å². The van der Waals surface area contributed by atoms with Gasteiger partial charge in [0.1, 0.15) is 0 Å². The van der Waals surface area contributed by atoms with E-state index in [2.05, 4.69) is 24.1 Å². The monoisotopic (exact) mass is 284 g/mol. The molecule has 0 amide bonds. The van der Waals surface area contributed by atoms with Gasteiger partial charge in [-0.2, -0.15) is 0 Å². The van der Waals surface area contributed by atoms with E-state index in [0.717, 1.165) is 38.7 Å². The van der Waals surface area contributed by atoms with E-state index in [4.69, 9.17) is 0 Å². The summed E-state index contributed by atoms with van der Waals surface area (Å²) in [5.74, 6) is -1.47. The van der Waals surface area contributed by atoms with Gasteiger partial charge < -0.3 is 10.2 Å². The Balaban J connectivity index is 2.64. The van der Waals surface area contributed by atoms with Crippen molar-refractivity contribution in [1.29, 1.82) is 0 Å². The summed E-state index contributed by atoms with van der Waals surface area (Å²) < 4.78 is 27.0. The predicted octanol–water partition coefficient (Wildman–Crippen LogP) is 3.22. The standard InChI is InChI=1S/C16H26F2N2/c1-4-19-14(10-11-20(5-2)6-3)12-13-8-7-9-15(17)16(13)18/h7-9,14,19H,4-6,10-12H2,1-3H3. The largest absolute Gasteiger partial charge is 0.314 e. The fourth-order valence-corrected chi connectivity index (χ4v) is 2.41. The lowest BCUT2D eigenvalue weighted by Gasteiger charge is -2.23. The average Bonchev–Trinajstić information content (AvgIpc) is 2.45. The zero-order valence-corrected chi connectivity index (χ0v) is 12.8. The van der Waals surface area contributed by atoms with E-state index in [1.54, 1.807) is 12.1 Å². The predicted molar refractivity (Wildman–Crippen MR) is 79.9 cm³/mol. The smallest absolute Gasteiger partial charge is 0.162 e. The van der Waals surface area contributed by atoms with Crippen LogP contribution in [0.1, 0.15) is 32.8 Å². The summed E-state index contributed by atoms with van der Waals surface area (Å²) >= 11 is 0. The molecule has 0 aliphatic carbocycles. The molecule has 0 heterocycles. The second-order valence-electron chi connectivity index (χ2n) is 4.99. The molecule has 0 spiro atoms. The third-order valence-electron chi connectivity index (χ3n) is 3.68. The van der Waals surface area contributed by atoms with Crippen molar-refractivity contribution >= 4 is 0 Å². The molecule has 1 N–H and O–H groups in total. The minimum absolute atomic E-state index is 0.178. The molecule has 0 aromatic heterocycles. The highest BCUT2D eigenvalue weighted by molar-refractivity contribution is 5.20. The van der Waals surface area contributed by atoms with Gasteiger partial charge in [0.15, 0.2) is 11.6 Å². The highest BCUT2D eigenvalue weighted by Gasteiger charge is 2.14. The fraction of sp³-hybridized carbons (Fsp3) is 0.625. The van der Waals surface area contributed by atoms with Crippen LogP contribution in [0.5, 0.6) is 0 Å². The van der Waals surface area contributed by atoms with Crippen molar-refractivity contribution in [3.8, 4) is 0 Å². The highest BCUT2D eigenvalue weighted by atomic mass is 19.2. The maximum absolute atomic E-state index is 13.7. The van der Waals surface area contributed by atoms with Gasteiger partial charge in [0.25, 0.3) is 0 Å². The van der Waals surface area contributed by atoms with Crippen LogP contribution in [0.4, 0.5) is 8.78 Å². The molecule has 1 aromatic carbocycles. The second kappa shape index (κ2) is 9.03. The Kier molecular flexibility index (Phi) is 7.70. The first-order valence-corrected chi connectivity index (χ1v) is 7.50. The summed E-state index contributed by atoms with van der Waals surface area (Å²) in [5.41, 5.74) is 0.454. The molecule has 1 aromatic rings.